The van der Waals surface area contributed by atoms with Gasteiger partial charge < -0.3 is 9.44 Å². The molecule has 0 fully saturated rings. The Labute approximate surface area is 87.6 Å². The van der Waals surface area contributed by atoms with Crippen LogP contribution in [-0.4, -0.2) is 8.42 Å². The molecule has 2 rings (SSSR count). The Morgan fingerprint density at radius 3 is 1.29 bits per heavy atom. The van der Waals surface area contributed by atoms with Crippen molar-refractivity contribution in [3.8, 4) is 0 Å². The minimum atomic E-state index is -0.958. The van der Waals surface area contributed by atoms with Gasteiger partial charge in [-0.1, -0.05) is 12.2 Å². The van der Waals surface area contributed by atoms with Crippen molar-refractivity contribution in [1.29, 1.82) is 0 Å². The first-order valence-electron chi connectivity index (χ1n) is 3.79. The molecule has 0 aliphatic carbocycles. The van der Waals surface area contributed by atoms with E-state index >= 15 is 0 Å². The first-order valence-corrected chi connectivity index (χ1v) is 6.22. The molecule has 14 heavy (non-hydrogen) atoms. The van der Waals surface area contributed by atoms with Gasteiger partial charge in [0.25, 0.3) is 0 Å². The maximum Gasteiger partial charge on any atom is 0.142 e. The lowest BCUT2D eigenvalue weighted by Gasteiger charge is -1.94. The van der Waals surface area contributed by atoms with E-state index in [1.807, 2.05) is 0 Å². The van der Waals surface area contributed by atoms with E-state index in [0.717, 1.165) is 0 Å². The van der Waals surface area contributed by atoms with Gasteiger partial charge in [0.2, 0.25) is 0 Å². The Hall–Kier alpha value is -1.14. The van der Waals surface area contributed by atoms with Gasteiger partial charge in [-0.25, -0.2) is 8.42 Å². The second-order valence-corrected chi connectivity index (χ2v) is 4.41. The normalized spacial score (nSPS) is 27.1. The van der Waals surface area contributed by atoms with E-state index in [1.54, 1.807) is 47.5 Å². The van der Waals surface area contributed by atoms with Crippen LogP contribution in [0.5, 0.6) is 0 Å². The highest BCUT2D eigenvalue weighted by Gasteiger charge is 1.87. The predicted octanol–water partition coefficient (Wildman–Crippen LogP) is 0.561. The van der Waals surface area contributed by atoms with E-state index in [2.05, 4.69) is 9.44 Å². The standard InChI is InChI=1S/2C4H5NOS/c2*6-7-4-2-1-3-5-7/h2*1-5H. The summed E-state index contributed by atoms with van der Waals surface area (Å²) >= 11 is 0. The molecular weight excluding hydrogens is 220 g/mol. The van der Waals surface area contributed by atoms with E-state index in [-0.39, 0.29) is 0 Å². The molecule has 0 aromatic rings. The highest BCUT2D eigenvalue weighted by atomic mass is 32.2. The Bertz CT molecular complexity index is 311. The lowest BCUT2D eigenvalue weighted by atomic mass is 10.6. The lowest BCUT2D eigenvalue weighted by molar-refractivity contribution is 0.684. The molecule has 0 saturated carbocycles. The second-order valence-electron chi connectivity index (χ2n) is 2.21. The average molecular weight is 230 g/mol. The lowest BCUT2D eigenvalue weighted by Crippen LogP contribution is -2.07. The van der Waals surface area contributed by atoms with Crippen LogP contribution in [0.15, 0.2) is 47.5 Å². The van der Waals surface area contributed by atoms with Crippen LogP contribution < -0.4 is 9.44 Å². The van der Waals surface area contributed by atoms with Crippen molar-refractivity contribution < 1.29 is 8.42 Å². The quantitative estimate of drug-likeness (QED) is 0.639. The summed E-state index contributed by atoms with van der Waals surface area (Å²) in [6.45, 7) is 0. The zero-order valence-electron chi connectivity index (χ0n) is 7.25. The maximum atomic E-state index is 10.3. The van der Waals surface area contributed by atoms with Crippen LogP contribution in [0.2, 0.25) is 0 Å². The number of hydrogen-bond acceptors (Lipinski definition) is 2. The molecule has 2 heterocycles. The number of hydrogen-bond donors (Lipinski definition) is 2. The van der Waals surface area contributed by atoms with Crippen molar-refractivity contribution in [1.82, 2.24) is 9.44 Å². The van der Waals surface area contributed by atoms with Gasteiger partial charge >= 0.3 is 0 Å². The molecule has 76 valence electrons. The van der Waals surface area contributed by atoms with Gasteiger partial charge in [0, 0.05) is 23.2 Å². The fourth-order valence-corrected chi connectivity index (χ4v) is 1.69. The summed E-state index contributed by atoms with van der Waals surface area (Å²) in [5, 5.41) is 3.17. The third-order valence-electron chi connectivity index (χ3n) is 1.19. The summed E-state index contributed by atoms with van der Waals surface area (Å²) in [5.41, 5.74) is 0. The Morgan fingerprint density at radius 1 is 0.714 bits per heavy atom. The van der Waals surface area contributed by atoms with E-state index in [0.29, 0.717) is 0 Å². The molecule has 2 unspecified atom stereocenters. The number of nitrogens with one attached hydrogen (secondary N) is 2. The van der Waals surface area contributed by atoms with Crippen molar-refractivity contribution >= 4 is 22.0 Å². The molecule has 0 amide bonds. The molecule has 0 aromatic carbocycles. The molecule has 0 aromatic heterocycles. The summed E-state index contributed by atoms with van der Waals surface area (Å²) in [4.78, 5) is 0. The summed E-state index contributed by atoms with van der Waals surface area (Å²) in [6, 6.07) is 0. The van der Waals surface area contributed by atoms with Gasteiger partial charge in [0.15, 0.2) is 0 Å². The minimum Gasteiger partial charge on any atom is -0.308 e. The molecule has 4 nitrogen and oxygen atoms in total. The van der Waals surface area contributed by atoms with Crippen LogP contribution in [0, 0.1) is 0 Å². The van der Waals surface area contributed by atoms with Gasteiger partial charge in [0.05, 0.1) is 0 Å². The van der Waals surface area contributed by atoms with Crippen molar-refractivity contribution in [2.75, 3.05) is 0 Å². The maximum absolute atomic E-state index is 10.3. The van der Waals surface area contributed by atoms with Gasteiger partial charge in [-0.05, 0) is 12.2 Å². The van der Waals surface area contributed by atoms with E-state index < -0.39 is 22.0 Å². The Kier molecular flexibility index (Phi) is 4.95. The van der Waals surface area contributed by atoms with Gasteiger partial charge in [-0.2, -0.15) is 0 Å². The molecule has 2 N–H and O–H groups in total. The van der Waals surface area contributed by atoms with Crippen LogP contribution in [0.3, 0.4) is 0 Å². The van der Waals surface area contributed by atoms with E-state index in [9.17, 15) is 8.42 Å². The molecule has 0 bridgehead atoms. The van der Waals surface area contributed by atoms with Crippen molar-refractivity contribution in [2.24, 2.45) is 0 Å². The molecular formula is C8H10N2O2S2. The topological polar surface area (TPSA) is 58.2 Å². The molecule has 0 saturated heterocycles. The van der Waals surface area contributed by atoms with Crippen LogP contribution in [-0.2, 0) is 22.0 Å². The van der Waals surface area contributed by atoms with Gasteiger partial charge in [-0.3, -0.25) is 0 Å². The third kappa shape index (κ3) is 4.78. The largest absolute Gasteiger partial charge is 0.308 e. The first-order chi connectivity index (χ1) is 6.79. The summed E-state index contributed by atoms with van der Waals surface area (Å²) in [6.07, 6.45) is 10.4. The monoisotopic (exact) mass is 230 g/mol. The van der Waals surface area contributed by atoms with Gasteiger partial charge in [-0.15, -0.1) is 0 Å². The van der Waals surface area contributed by atoms with Crippen LogP contribution in [0.1, 0.15) is 0 Å². The van der Waals surface area contributed by atoms with Crippen molar-refractivity contribution in [3.05, 3.63) is 47.5 Å². The average Bonchev–Trinajstić information content (AvgIpc) is 2.21. The number of rotatable bonds is 0. The van der Waals surface area contributed by atoms with Crippen LogP contribution in [0.4, 0.5) is 0 Å². The smallest absolute Gasteiger partial charge is 0.142 e. The second kappa shape index (κ2) is 6.33. The molecule has 0 spiro atoms. The summed E-state index contributed by atoms with van der Waals surface area (Å²) in [5.74, 6) is 0. The SMILES string of the molecule is O=S1C=CC=CN1.O=S1C=CC=CN1. The summed E-state index contributed by atoms with van der Waals surface area (Å²) in [7, 11) is -1.92. The highest BCUT2D eigenvalue weighted by molar-refractivity contribution is 7.86. The zero-order chi connectivity index (χ0) is 10.2. The zero-order valence-corrected chi connectivity index (χ0v) is 8.88. The molecule has 2 aliphatic heterocycles. The Morgan fingerprint density at radius 2 is 1.14 bits per heavy atom. The van der Waals surface area contributed by atoms with Crippen molar-refractivity contribution in [3.63, 3.8) is 0 Å². The van der Waals surface area contributed by atoms with Crippen LogP contribution >= 0.6 is 0 Å². The van der Waals surface area contributed by atoms with E-state index in [4.69, 9.17) is 0 Å². The molecule has 0 radical (unpaired) electrons. The van der Waals surface area contributed by atoms with E-state index in [1.165, 1.54) is 0 Å². The van der Waals surface area contributed by atoms with Crippen LogP contribution in [0.25, 0.3) is 0 Å². The predicted molar refractivity (Wildman–Crippen MR) is 59.1 cm³/mol. The third-order valence-corrected chi connectivity index (χ3v) is 2.73. The molecule has 2 aliphatic rings. The minimum absolute atomic E-state index is 0.958. The van der Waals surface area contributed by atoms with Crippen molar-refractivity contribution in [2.45, 2.75) is 0 Å². The van der Waals surface area contributed by atoms with Gasteiger partial charge in [0.1, 0.15) is 22.0 Å². The highest BCUT2D eigenvalue weighted by Crippen LogP contribution is 1.87. The first kappa shape index (κ1) is 10.9. The summed E-state index contributed by atoms with van der Waals surface area (Å²) < 4.78 is 25.8. The Balaban J connectivity index is 0.000000140. The molecule has 6 heteroatoms. The number of allylic oxidation sites excluding steroid dienone is 4. The molecule has 2 atom stereocenters. The fourth-order valence-electron chi connectivity index (χ4n) is 0.636. The fraction of sp³-hybridized carbons (Fsp3) is 0.